The van der Waals surface area contributed by atoms with E-state index in [1.54, 1.807) is 7.11 Å². The van der Waals surface area contributed by atoms with Gasteiger partial charge in [0.1, 0.15) is 18.1 Å². The number of ether oxygens (including phenoxy) is 2. The van der Waals surface area contributed by atoms with Gasteiger partial charge < -0.3 is 14.8 Å². The molecule has 0 fully saturated rings. The van der Waals surface area contributed by atoms with Gasteiger partial charge in [0, 0.05) is 4.90 Å². The standard InChI is InChI=1S/C20H25NO3S/c1-14-5-10-19(15(2)13-14)24-12-11-21-20(22)16(3)25-18-8-6-17(23-4)7-9-18/h5-10,13,16H,11-12H2,1-4H3,(H,21,22)/t16-/m1/s1. The van der Waals surface area contributed by atoms with Crippen molar-refractivity contribution in [3.05, 3.63) is 53.6 Å². The third-order valence-electron chi connectivity index (χ3n) is 3.73. The number of benzene rings is 2. The second kappa shape index (κ2) is 9.37. The Kier molecular flexibility index (Phi) is 7.19. The first-order chi connectivity index (χ1) is 12.0. The molecule has 0 heterocycles. The molecule has 5 heteroatoms. The van der Waals surface area contributed by atoms with Gasteiger partial charge in [0.05, 0.1) is 18.9 Å². The van der Waals surface area contributed by atoms with E-state index in [-0.39, 0.29) is 11.2 Å². The minimum atomic E-state index is -0.172. The molecule has 1 atom stereocenters. The minimum absolute atomic E-state index is 0.00467. The van der Waals surface area contributed by atoms with Gasteiger partial charge in [-0.3, -0.25) is 4.79 Å². The summed E-state index contributed by atoms with van der Waals surface area (Å²) in [7, 11) is 1.64. The monoisotopic (exact) mass is 359 g/mol. The lowest BCUT2D eigenvalue weighted by molar-refractivity contribution is -0.120. The summed E-state index contributed by atoms with van der Waals surface area (Å²) in [5, 5.41) is 2.75. The molecule has 4 nitrogen and oxygen atoms in total. The zero-order chi connectivity index (χ0) is 18.2. The van der Waals surface area contributed by atoms with E-state index in [1.165, 1.54) is 17.3 Å². The average molecular weight is 359 g/mol. The highest BCUT2D eigenvalue weighted by atomic mass is 32.2. The van der Waals surface area contributed by atoms with Crippen LogP contribution in [0, 0.1) is 13.8 Å². The van der Waals surface area contributed by atoms with Crippen LogP contribution in [0.5, 0.6) is 11.5 Å². The molecule has 1 N–H and O–H groups in total. The molecule has 1 amide bonds. The first kappa shape index (κ1) is 19.2. The van der Waals surface area contributed by atoms with Crippen LogP contribution in [0.25, 0.3) is 0 Å². The summed E-state index contributed by atoms with van der Waals surface area (Å²) in [5.41, 5.74) is 2.32. The van der Waals surface area contributed by atoms with E-state index in [0.717, 1.165) is 22.0 Å². The Morgan fingerprint density at radius 2 is 1.88 bits per heavy atom. The first-order valence-corrected chi connectivity index (χ1v) is 9.16. The van der Waals surface area contributed by atoms with E-state index in [2.05, 4.69) is 18.3 Å². The molecular weight excluding hydrogens is 334 g/mol. The van der Waals surface area contributed by atoms with Gasteiger partial charge in [-0.2, -0.15) is 0 Å². The molecule has 0 aromatic heterocycles. The Morgan fingerprint density at radius 3 is 2.52 bits per heavy atom. The average Bonchev–Trinajstić information content (AvgIpc) is 2.60. The Morgan fingerprint density at radius 1 is 1.16 bits per heavy atom. The van der Waals surface area contributed by atoms with Crippen molar-refractivity contribution in [1.82, 2.24) is 5.32 Å². The Balaban J connectivity index is 1.73. The largest absolute Gasteiger partial charge is 0.497 e. The van der Waals surface area contributed by atoms with Crippen LogP contribution >= 0.6 is 11.8 Å². The number of carbonyl (C=O) groups is 1. The molecule has 0 aliphatic heterocycles. The molecule has 0 saturated carbocycles. The predicted octanol–water partition coefficient (Wildman–Crippen LogP) is 3.99. The summed E-state index contributed by atoms with van der Waals surface area (Å²) < 4.78 is 10.9. The normalized spacial score (nSPS) is 11.7. The number of nitrogens with one attached hydrogen (secondary N) is 1. The SMILES string of the molecule is COc1ccc(S[C@H](C)C(=O)NCCOc2ccc(C)cc2C)cc1. The van der Waals surface area contributed by atoms with E-state index in [0.29, 0.717) is 13.2 Å². The molecule has 0 aliphatic rings. The molecule has 25 heavy (non-hydrogen) atoms. The fourth-order valence-corrected chi connectivity index (χ4v) is 3.24. The van der Waals surface area contributed by atoms with Crippen LogP contribution in [0.2, 0.25) is 0 Å². The predicted molar refractivity (Wildman–Crippen MR) is 103 cm³/mol. The van der Waals surface area contributed by atoms with Crippen LogP contribution in [0.15, 0.2) is 47.4 Å². The number of carbonyl (C=O) groups excluding carboxylic acids is 1. The van der Waals surface area contributed by atoms with Crippen LogP contribution in [0.1, 0.15) is 18.1 Å². The van der Waals surface area contributed by atoms with Crippen molar-refractivity contribution in [3.63, 3.8) is 0 Å². The summed E-state index contributed by atoms with van der Waals surface area (Å²) in [4.78, 5) is 13.2. The zero-order valence-electron chi connectivity index (χ0n) is 15.2. The van der Waals surface area contributed by atoms with Gasteiger partial charge >= 0.3 is 0 Å². The van der Waals surface area contributed by atoms with Gasteiger partial charge in [-0.05, 0) is 56.7 Å². The number of methoxy groups -OCH3 is 1. The van der Waals surface area contributed by atoms with E-state index < -0.39 is 0 Å². The van der Waals surface area contributed by atoms with Gasteiger partial charge in [-0.1, -0.05) is 17.7 Å². The van der Waals surface area contributed by atoms with Crippen LogP contribution < -0.4 is 14.8 Å². The molecule has 0 aliphatic carbocycles. The highest BCUT2D eigenvalue weighted by molar-refractivity contribution is 8.00. The van der Waals surface area contributed by atoms with Gasteiger partial charge in [0.2, 0.25) is 5.91 Å². The first-order valence-electron chi connectivity index (χ1n) is 8.28. The third kappa shape index (κ3) is 6.02. The van der Waals surface area contributed by atoms with Gasteiger partial charge in [0.15, 0.2) is 0 Å². The fraction of sp³-hybridized carbons (Fsp3) is 0.350. The topological polar surface area (TPSA) is 47.6 Å². The molecule has 2 aromatic carbocycles. The molecule has 0 spiro atoms. The van der Waals surface area contributed by atoms with Crippen molar-refractivity contribution in [2.24, 2.45) is 0 Å². The zero-order valence-corrected chi connectivity index (χ0v) is 16.0. The number of hydrogen-bond acceptors (Lipinski definition) is 4. The maximum Gasteiger partial charge on any atom is 0.233 e. The lowest BCUT2D eigenvalue weighted by atomic mass is 10.1. The van der Waals surface area contributed by atoms with E-state index in [4.69, 9.17) is 9.47 Å². The molecular formula is C20H25NO3S. The maximum atomic E-state index is 12.2. The molecule has 0 bridgehead atoms. The third-order valence-corrected chi connectivity index (χ3v) is 4.84. The fourth-order valence-electron chi connectivity index (χ4n) is 2.35. The molecule has 0 saturated heterocycles. The van der Waals surface area contributed by atoms with Crippen molar-refractivity contribution >= 4 is 17.7 Å². The van der Waals surface area contributed by atoms with Crippen molar-refractivity contribution in [3.8, 4) is 11.5 Å². The van der Waals surface area contributed by atoms with Crippen molar-refractivity contribution in [2.75, 3.05) is 20.3 Å². The highest BCUT2D eigenvalue weighted by Gasteiger charge is 2.14. The van der Waals surface area contributed by atoms with Crippen LogP contribution in [0.3, 0.4) is 0 Å². The summed E-state index contributed by atoms with van der Waals surface area (Å²) >= 11 is 1.52. The number of amides is 1. The molecule has 0 radical (unpaired) electrons. The highest BCUT2D eigenvalue weighted by Crippen LogP contribution is 2.25. The minimum Gasteiger partial charge on any atom is -0.497 e. The van der Waals surface area contributed by atoms with Crippen LogP contribution in [-0.4, -0.2) is 31.4 Å². The summed E-state index contributed by atoms with van der Waals surface area (Å²) in [6.07, 6.45) is 0. The van der Waals surface area contributed by atoms with Gasteiger partial charge in [0.25, 0.3) is 0 Å². The van der Waals surface area contributed by atoms with E-state index >= 15 is 0 Å². The summed E-state index contributed by atoms with van der Waals surface area (Å²) in [5.74, 6) is 1.68. The summed E-state index contributed by atoms with van der Waals surface area (Å²) in [6, 6.07) is 13.8. The Labute approximate surface area is 153 Å². The molecule has 134 valence electrons. The number of rotatable bonds is 8. The Hall–Kier alpha value is -2.14. The Bertz CT molecular complexity index is 701. The lowest BCUT2D eigenvalue weighted by Crippen LogP contribution is -2.34. The van der Waals surface area contributed by atoms with Crippen molar-refractivity contribution < 1.29 is 14.3 Å². The van der Waals surface area contributed by atoms with Crippen LogP contribution in [0.4, 0.5) is 0 Å². The van der Waals surface area contributed by atoms with E-state index in [9.17, 15) is 4.79 Å². The van der Waals surface area contributed by atoms with Crippen LogP contribution in [-0.2, 0) is 4.79 Å². The van der Waals surface area contributed by atoms with E-state index in [1.807, 2.05) is 50.2 Å². The molecule has 2 rings (SSSR count). The molecule has 2 aromatic rings. The number of aryl methyl sites for hydroxylation is 2. The van der Waals surface area contributed by atoms with Gasteiger partial charge in [-0.25, -0.2) is 0 Å². The van der Waals surface area contributed by atoms with Crippen molar-refractivity contribution in [2.45, 2.75) is 30.9 Å². The number of thioether (sulfide) groups is 1. The summed E-state index contributed by atoms with van der Waals surface area (Å²) in [6.45, 7) is 6.91. The molecule has 0 unspecified atom stereocenters. The maximum absolute atomic E-state index is 12.2. The number of hydrogen-bond donors (Lipinski definition) is 1. The second-order valence-corrected chi connectivity index (χ2v) is 7.26. The quantitative estimate of drug-likeness (QED) is 0.572. The second-order valence-electron chi connectivity index (χ2n) is 5.84. The smallest absolute Gasteiger partial charge is 0.233 e. The lowest BCUT2D eigenvalue weighted by Gasteiger charge is -2.13. The van der Waals surface area contributed by atoms with Crippen molar-refractivity contribution in [1.29, 1.82) is 0 Å². The van der Waals surface area contributed by atoms with Gasteiger partial charge in [-0.15, -0.1) is 11.8 Å².